The lowest BCUT2D eigenvalue weighted by atomic mass is 9.77. The van der Waals surface area contributed by atoms with Crippen LogP contribution in [-0.4, -0.2) is 11.0 Å². The van der Waals surface area contributed by atoms with Gasteiger partial charge in [0.2, 0.25) is 0 Å². The van der Waals surface area contributed by atoms with Crippen molar-refractivity contribution in [1.29, 1.82) is 0 Å². The van der Waals surface area contributed by atoms with Crippen LogP contribution >= 0.6 is 11.6 Å². The molecule has 0 unspecified atom stereocenters. The predicted molar refractivity (Wildman–Crippen MR) is 99.2 cm³/mol. The first kappa shape index (κ1) is 17.0. The number of nitrogens with one attached hydrogen (secondary N) is 1. The van der Waals surface area contributed by atoms with Crippen molar-refractivity contribution in [2.24, 2.45) is 10.9 Å². The van der Waals surface area contributed by atoms with Crippen LogP contribution in [0.2, 0.25) is 5.02 Å². The number of rotatable bonds is 4. The number of hydrogen-bond donors (Lipinski definition) is 2. The highest BCUT2D eigenvalue weighted by Gasteiger charge is 2.23. The van der Waals surface area contributed by atoms with Crippen molar-refractivity contribution in [2.75, 3.05) is 0 Å². The van der Waals surface area contributed by atoms with Gasteiger partial charge in [-0.15, -0.1) is 0 Å². The first-order valence-electron chi connectivity index (χ1n) is 8.53. The van der Waals surface area contributed by atoms with E-state index in [0.29, 0.717) is 22.7 Å². The summed E-state index contributed by atoms with van der Waals surface area (Å²) in [5.74, 6) is 1.86. The summed E-state index contributed by atoms with van der Waals surface area (Å²) in [6.45, 7) is 0. The van der Waals surface area contributed by atoms with Crippen molar-refractivity contribution < 1.29 is 5.21 Å². The molecule has 0 heterocycles. The number of amidine groups is 1. The number of hydroxylamine groups is 1. The van der Waals surface area contributed by atoms with Gasteiger partial charge in [0.1, 0.15) is 5.84 Å². The maximum atomic E-state index is 9.40. The fraction of sp³-hybridized carbons (Fsp3) is 0.350. The van der Waals surface area contributed by atoms with Crippen LogP contribution in [0.5, 0.6) is 0 Å². The quantitative estimate of drug-likeness (QED) is 0.424. The van der Waals surface area contributed by atoms with Crippen LogP contribution in [-0.2, 0) is 0 Å². The third kappa shape index (κ3) is 4.59. The summed E-state index contributed by atoms with van der Waals surface area (Å²) in [6.07, 6.45) is 5.52. The maximum Gasteiger partial charge on any atom is 0.126 e. The lowest BCUT2D eigenvalue weighted by molar-refractivity contribution is 0.226. The van der Waals surface area contributed by atoms with Crippen LogP contribution < -0.4 is 5.48 Å². The van der Waals surface area contributed by atoms with E-state index in [1.165, 1.54) is 31.2 Å². The second kappa shape index (κ2) is 8.32. The maximum absolute atomic E-state index is 9.40. The molecular weight excluding hydrogens is 320 g/mol. The molecule has 0 bridgehead atoms. The van der Waals surface area contributed by atoms with Gasteiger partial charge < -0.3 is 0 Å². The molecule has 0 aliphatic heterocycles. The second-order valence-corrected chi connectivity index (χ2v) is 6.92. The number of hydrogen-bond acceptors (Lipinski definition) is 2. The summed E-state index contributed by atoms with van der Waals surface area (Å²) in [7, 11) is 0. The Morgan fingerprint density at radius 3 is 2.29 bits per heavy atom. The molecule has 1 aliphatic rings. The smallest absolute Gasteiger partial charge is 0.126 e. The third-order valence-electron chi connectivity index (χ3n) is 4.82. The molecule has 2 aromatic carbocycles. The molecule has 0 spiro atoms. The van der Waals surface area contributed by atoms with Gasteiger partial charge in [-0.2, -0.15) is 0 Å². The van der Waals surface area contributed by atoms with Gasteiger partial charge in [0.15, 0.2) is 0 Å². The van der Waals surface area contributed by atoms with E-state index in [-0.39, 0.29) is 0 Å². The van der Waals surface area contributed by atoms with E-state index in [2.05, 4.69) is 40.8 Å². The Balaban J connectivity index is 1.57. The summed E-state index contributed by atoms with van der Waals surface area (Å²) < 4.78 is 0. The molecule has 1 saturated carbocycles. The van der Waals surface area contributed by atoms with Crippen LogP contribution in [0.25, 0.3) is 0 Å². The molecule has 3 rings (SSSR count). The Labute approximate surface area is 148 Å². The molecule has 4 heteroatoms. The summed E-state index contributed by atoms with van der Waals surface area (Å²) in [5, 5.41) is 10.1. The zero-order valence-corrected chi connectivity index (χ0v) is 14.4. The lowest BCUT2D eigenvalue weighted by Crippen LogP contribution is -2.24. The van der Waals surface area contributed by atoms with E-state index in [9.17, 15) is 5.21 Å². The Kier molecular flexibility index (Phi) is 5.89. The minimum atomic E-state index is 0.565. The largest absolute Gasteiger partial charge is 0.290 e. The molecule has 24 heavy (non-hydrogen) atoms. The Bertz CT molecular complexity index is 662. The summed E-state index contributed by atoms with van der Waals surface area (Å²) in [6, 6.07) is 18.1. The van der Waals surface area contributed by atoms with E-state index >= 15 is 0 Å². The normalized spacial score (nSPS) is 21.5. The summed E-state index contributed by atoms with van der Waals surface area (Å²) >= 11 is 5.89. The molecule has 1 aliphatic carbocycles. The van der Waals surface area contributed by atoms with Crippen molar-refractivity contribution in [3.63, 3.8) is 0 Å². The van der Waals surface area contributed by atoms with Gasteiger partial charge in [-0.1, -0.05) is 41.9 Å². The number of halogens is 1. The zero-order chi connectivity index (χ0) is 16.8. The van der Waals surface area contributed by atoms with E-state index < -0.39 is 0 Å². The molecule has 2 N–H and O–H groups in total. The van der Waals surface area contributed by atoms with E-state index in [1.54, 1.807) is 12.1 Å². The molecule has 126 valence electrons. The standard InChI is InChI=1S/C20H23ClN2O/c21-18-10-12-19(13-11-18)22-20(23-24)14-15-6-8-17(9-7-15)16-4-2-1-3-5-16/h1-5,10-13,15,17,24H,6-9,14H2,(H,22,23). The van der Waals surface area contributed by atoms with Crippen LogP contribution in [0.1, 0.15) is 43.6 Å². The highest BCUT2D eigenvalue weighted by molar-refractivity contribution is 6.30. The van der Waals surface area contributed by atoms with Gasteiger partial charge in [0.05, 0.1) is 5.69 Å². The fourth-order valence-electron chi connectivity index (χ4n) is 3.49. The van der Waals surface area contributed by atoms with E-state index in [4.69, 9.17) is 11.6 Å². The SMILES string of the molecule is ONC(CC1CCC(c2ccccc2)CC1)=Nc1ccc(Cl)cc1. The van der Waals surface area contributed by atoms with Crippen molar-refractivity contribution in [2.45, 2.75) is 38.0 Å². The van der Waals surface area contributed by atoms with Crippen LogP contribution in [0.3, 0.4) is 0 Å². The van der Waals surface area contributed by atoms with Crippen LogP contribution in [0.4, 0.5) is 5.69 Å². The molecule has 0 radical (unpaired) electrons. The molecule has 0 amide bonds. The highest BCUT2D eigenvalue weighted by Crippen LogP contribution is 2.37. The van der Waals surface area contributed by atoms with Crippen molar-refractivity contribution in [3.05, 3.63) is 65.2 Å². The predicted octanol–water partition coefficient (Wildman–Crippen LogP) is 5.71. The minimum Gasteiger partial charge on any atom is -0.290 e. The van der Waals surface area contributed by atoms with E-state index in [0.717, 1.165) is 12.1 Å². The van der Waals surface area contributed by atoms with Crippen molar-refractivity contribution in [3.8, 4) is 0 Å². The van der Waals surface area contributed by atoms with Gasteiger partial charge in [0.25, 0.3) is 0 Å². The zero-order valence-electron chi connectivity index (χ0n) is 13.7. The van der Waals surface area contributed by atoms with Crippen molar-refractivity contribution >= 4 is 23.1 Å². The number of benzene rings is 2. The van der Waals surface area contributed by atoms with E-state index in [1.807, 2.05) is 12.1 Å². The molecular formula is C20H23ClN2O. The Morgan fingerprint density at radius 2 is 1.67 bits per heavy atom. The second-order valence-electron chi connectivity index (χ2n) is 6.48. The molecule has 0 saturated heterocycles. The van der Waals surface area contributed by atoms with Gasteiger partial charge in [-0.05, 0) is 67.3 Å². The van der Waals surface area contributed by atoms with Crippen LogP contribution in [0.15, 0.2) is 59.6 Å². The van der Waals surface area contributed by atoms with Crippen LogP contribution in [0, 0.1) is 5.92 Å². The monoisotopic (exact) mass is 342 g/mol. The average Bonchev–Trinajstić information content (AvgIpc) is 2.64. The molecule has 3 nitrogen and oxygen atoms in total. The lowest BCUT2D eigenvalue weighted by Gasteiger charge is -2.29. The molecule has 0 atom stereocenters. The molecule has 2 aromatic rings. The van der Waals surface area contributed by atoms with Gasteiger partial charge in [-0.3, -0.25) is 10.7 Å². The first-order chi connectivity index (χ1) is 11.7. The minimum absolute atomic E-state index is 0.565. The number of nitrogens with zero attached hydrogens (tertiary/aromatic N) is 1. The van der Waals surface area contributed by atoms with Crippen molar-refractivity contribution in [1.82, 2.24) is 5.48 Å². The molecule has 0 aromatic heterocycles. The molecule has 1 fully saturated rings. The van der Waals surface area contributed by atoms with Gasteiger partial charge >= 0.3 is 0 Å². The van der Waals surface area contributed by atoms with Gasteiger partial charge in [-0.25, -0.2) is 4.99 Å². The Hall–Kier alpha value is -1.84. The highest BCUT2D eigenvalue weighted by atomic mass is 35.5. The fourth-order valence-corrected chi connectivity index (χ4v) is 3.61. The third-order valence-corrected chi connectivity index (χ3v) is 5.07. The number of aliphatic imine (C=N–C) groups is 1. The summed E-state index contributed by atoms with van der Waals surface area (Å²) in [5.41, 5.74) is 4.52. The average molecular weight is 343 g/mol. The van der Waals surface area contributed by atoms with Gasteiger partial charge in [0, 0.05) is 11.4 Å². The Morgan fingerprint density at radius 1 is 1.00 bits per heavy atom. The first-order valence-corrected chi connectivity index (χ1v) is 8.90. The topological polar surface area (TPSA) is 44.6 Å². The summed E-state index contributed by atoms with van der Waals surface area (Å²) in [4.78, 5) is 4.49.